The number of rotatable bonds is 6. The van der Waals surface area contributed by atoms with Gasteiger partial charge in [-0.3, -0.25) is 4.79 Å². The molecule has 6 nitrogen and oxygen atoms in total. The van der Waals surface area contributed by atoms with Crippen molar-refractivity contribution < 1.29 is 14.4 Å². The lowest BCUT2D eigenvalue weighted by Crippen LogP contribution is -3.09. The highest BCUT2D eigenvalue weighted by Crippen LogP contribution is 2.21. The third-order valence-electron chi connectivity index (χ3n) is 5.31. The number of para-hydroxylation sites is 1. The Bertz CT molecular complexity index is 931. The van der Waals surface area contributed by atoms with Gasteiger partial charge in [-0.15, -0.1) is 11.3 Å². The summed E-state index contributed by atoms with van der Waals surface area (Å²) in [6.07, 6.45) is 0. The first-order valence-corrected chi connectivity index (χ1v) is 10.8. The topological polar surface area (TPSA) is 50.1 Å². The summed E-state index contributed by atoms with van der Waals surface area (Å²) in [4.78, 5) is 22.9. The van der Waals surface area contributed by atoms with Crippen LogP contribution in [-0.2, 0) is 11.3 Å². The first-order valence-electron chi connectivity index (χ1n) is 9.95. The minimum atomic E-state index is 0.220. The summed E-state index contributed by atoms with van der Waals surface area (Å²) in [5.74, 6) is 1.08. The summed E-state index contributed by atoms with van der Waals surface area (Å²) in [5, 5.41) is 1.08. The maximum absolute atomic E-state index is 12.8. The highest BCUT2D eigenvalue weighted by molar-refractivity contribution is 7.18. The summed E-state index contributed by atoms with van der Waals surface area (Å²) < 4.78 is 6.43. The summed E-state index contributed by atoms with van der Waals surface area (Å²) >= 11 is 1.72. The van der Waals surface area contributed by atoms with E-state index < -0.39 is 0 Å². The van der Waals surface area contributed by atoms with Gasteiger partial charge in [-0.1, -0.05) is 12.1 Å². The van der Waals surface area contributed by atoms with Crippen molar-refractivity contribution in [3.8, 4) is 5.75 Å². The average Bonchev–Trinajstić information content (AvgIpc) is 3.16. The van der Waals surface area contributed by atoms with Gasteiger partial charge in [0.15, 0.2) is 6.54 Å². The number of thiazole rings is 1. The molecule has 1 saturated heterocycles. The molecule has 0 saturated carbocycles. The lowest BCUT2D eigenvalue weighted by Gasteiger charge is -2.36. The molecule has 1 fully saturated rings. The van der Waals surface area contributed by atoms with Crippen LogP contribution in [0.4, 0.5) is 5.69 Å². The number of nitrogens with one attached hydrogen (secondary N) is 1. The van der Waals surface area contributed by atoms with E-state index in [4.69, 9.17) is 4.74 Å². The number of ether oxygens (including phenoxy) is 1. The Morgan fingerprint density at radius 1 is 1.10 bits per heavy atom. The molecule has 2 aromatic carbocycles. The number of piperazine rings is 1. The number of quaternary nitrogens is 1. The smallest absolute Gasteiger partial charge is 0.277 e. The van der Waals surface area contributed by atoms with Crippen molar-refractivity contribution in [2.75, 3.05) is 51.8 Å². The molecule has 4 rings (SSSR count). The minimum Gasteiger partial charge on any atom is -0.497 e. The van der Waals surface area contributed by atoms with Gasteiger partial charge in [-0.2, -0.15) is 0 Å². The van der Waals surface area contributed by atoms with Crippen molar-refractivity contribution in [3.05, 3.63) is 53.5 Å². The van der Waals surface area contributed by atoms with Crippen molar-refractivity contribution in [2.45, 2.75) is 6.54 Å². The fraction of sp³-hybridized carbons (Fsp3) is 0.364. The van der Waals surface area contributed by atoms with Gasteiger partial charge in [0.1, 0.15) is 17.3 Å². The van der Waals surface area contributed by atoms with Crippen LogP contribution in [0.15, 0.2) is 48.5 Å². The highest BCUT2D eigenvalue weighted by Gasteiger charge is 2.24. The van der Waals surface area contributed by atoms with Gasteiger partial charge < -0.3 is 19.4 Å². The summed E-state index contributed by atoms with van der Waals surface area (Å²) in [5.41, 5.74) is 2.22. The lowest BCUT2D eigenvalue weighted by atomic mass is 10.2. The van der Waals surface area contributed by atoms with Crippen LogP contribution in [0.5, 0.6) is 5.75 Å². The second-order valence-electron chi connectivity index (χ2n) is 7.45. The van der Waals surface area contributed by atoms with Crippen LogP contribution >= 0.6 is 11.3 Å². The molecule has 29 heavy (non-hydrogen) atoms. The van der Waals surface area contributed by atoms with Crippen LogP contribution in [-0.4, -0.2) is 62.7 Å². The lowest BCUT2D eigenvalue weighted by molar-refractivity contribution is -0.885. The number of fused-ring (bicyclic) bond motifs is 1. The number of nitrogens with zero attached hydrogens (tertiary/aromatic N) is 3. The maximum Gasteiger partial charge on any atom is 0.277 e. The molecule has 152 valence electrons. The molecule has 0 spiro atoms. The number of likely N-dealkylation sites (N-methyl/N-ethyl adjacent to an activating group) is 1. The van der Waals surface area contributed by atoms with E-state index in [1.165, 1.54) is 15.3 Å². The molecule has 1 amide bonds. The highest BCUT2D eigenvalue weighted by atomic mass is 32.1. The number of aromatic nitrogens is 1. The monoisotopic (exact) mass is 411 g/mol. The van der Waals surface area contributed by atoms with E-state index in [1.807, 2.05) is 35.2 Å². The zero-order valence-electron chi connectivity index (χ0n) is 16.9. The number of benzene rings is 2. The van der Waals surface area contributed by atoms with E-state index in [1.54, 1.807) is 18.4 Å². The van der Waals surface area contributed by atoms with Gasteiger partial charge in [-0.05, 0) is 36.4 Å². The largest absolute Gasteiger partial charge is 0.497 e. The summed E-state index contributed by atoms with van der Waals surface area (Å²) in [7, 11) is 3.74. The second kappa shape index (κ2) is 8.80. The van der Waals surface area contributed by atoms with Crippen molar-refractivity contribution >= 4 is 33.1 Å². The number of methoxy groups -OCH3 is 1. The second-order valence-corrected chi connectivity index (χ2v) is 8.57. The molecule has 0 radical (unpaired) electrons. The Kier molecular flexibility index (Phi) is 5.97. The first-order chi connectivity index (χ1) is 14.1. The number of anilines is 1. The molecule has 1 aliphatic rings. The Labute approximate surface area is 175 Å². The Hall–Kier alpha value is -2.64. The predicted octanol–water partition coefficient (Wildman–Crippen LogP) is 1.67. The zero-order chi connectivity index (χ0) is 20.2. The van der Waals surface area contributed by atoms with Crippen LogP contribution in [0.1, 0.15) is 5.01 Å². The van der Waals surface area contributed by atoms with Crippen molar-refractivity contribution in [1.82, 2.24) is 9.88 Å². The molecular weight excluding hydrogens is 384 g/mol. The standard InChI is InChI=1S/C22H26N4O2S/c1-24(15-21-23-19-5-3-4-6-20(19)29-21)16-22(27)26-13-11-25(12-14-26)17-7-9-18(28-2)10-8-17/h3-10H,11-16H2,1-2H3/p+1. The molecule has 1 aromatic heterocycles. The number of carbonyl (C=O) groups excluding carboxylic acids is 1. The van der Waals surface area contributed by atoms with E-state index >= 15 is 0 Å². The molecule has 2 heterocycles. The van der Waals surface area contributed by atoms with Crippen LogP contribution in [0, 0.1) is 0 Å². The fourth-order valence-electron chi connectivity index (χ4n) is 3.69. The normalized spacial score (nSPS) is 15.5. The molecule has 1 N–H and O–H groups in total. The van der Waals surface area contributed by atoms with Gasteiger partial charge in [0, 0.05) is 31.9 Å². The molecule has 0 bridgehead atoms. The van der Waals surface area contributed by atoms with Crippen molar-refractivity contribution in [3.63, 3.8) is 0 Å². The van der Waals surface area contributed by atoms with Crippen molar-refractivity contribution in [2.24, 2.45) is 0 Å². The molecule has 1 unspecified atom stereocenters. The Balaban J connectivity index is 1.27. The van der Waals surface area contributed by atoms with E-state index in [9.17, 15) is 4.79 Å². The SMILES string of the molecule is COc1ccc(N2CCN(C(=O)C[NH+](C)Cc3nc4ccccc4s3)CC2)cc1. The molecule has 0 aliphatic carbocycles. The van der Waals surface area contributed by atoms with E-state index in [2.05, 4.69) is 35.1 Å². The molecule has 7 heteroatoms. The van der Waals surface area contributed by atoms with Crippen LogP contribution < -0.4 is 14.5 Å². The zero-order valence-corrected chi connectivity index (χ0v) is 17.7. The fourth-order valence-corrected chi connectivity index (χ4v) is 4.77. The van der Waals surface area contributed by atoms with E-state index in [0.29, 0.717) is 6.54 Å². The van der Waals surface area contributed by atoms with Crippen molar-refractivity contribution in [1.29, 1.82) is 0 Å². The summed E-state index contributed by atoms with van der Waals surface area (Å²) in [6.45, 7) is 4.51. The number of amides is 1. The molecule has 3 aromatic rings. The van der Waals surface area contributed by atoms with Crippen LogP contribution in [0.3, 0.4) is 0 Å². The Morgan fingerprint density at radius 2 is 1.83 bits per heavy atom. The first kappa shape index (κ1) is 19.7. The maximum atomic E-state index is 12.8. The molecule has 1 atom stereocenters. The van der Waals surface area contributed by atoms with Gasteiger partial charge in [0.2, 0.25) is 0 Å². The Morgan fingerprint density at radius 3 is 2.52 bits per heavy atom. The third-order valence-corrected chi connectivity index (χ3v) is 6.35. The van der Waals surface area contributed by atoms with E-state index in [0.717, 1.165) is 49.0 Å². The van der Waals surface area contributed by atoms with Gasteiger partial charge in [0.05, 0.1) is 24.4 Å². The minimum absolute atomic E-state index is 0.220. The quantitative estimate of drug-likeness (QED) is 0.671. The number of hydrogen-bond acceptors (Lipinski definition) is 5. The van der Waals surface area contributed by atoms with Crippen LogP contribution in [0.2, 0.25) is 0 Å². The van der Waals surface area contributed by atoms with E-state index in [-0.39, 0.29) is 5.91 Å². The number of carbonyl (C=O) groups is 1. The molecular formula is C22H27N4O2S+. The number of hydrogen-bond donors (Lipinski definition) is 1. The van der Waals surface area contributed by atoms with Crippen LogP contribution in [0.25, 0.3) is 10.2 Å². The average molecular weight is 412 g/mol. The van der Waals surface area contributed by atoms with Gasteiger partial charge in [0.25, 0.3) is 5.91 Å². The predicted molar refractivity (Wildman–Crippen MR) is 117 cm³/mol. The summed E-state index contributed by atoms with van der Waals surface area (Å²) in [6, 6.07) is 16.3. The van der Waals surface area contributed by atoms with Gasteiger partial charge in [-0.25, -0.2) is 4.98 Å². The van der Waals surface area contributed by atoms with Gasteiger partial charge >= 0.3 is 0 Å². The third kappa shape index (κ3) is 4.68. The molecule has 1 aliphatic heterocycles.